The summed E-state index contributed by atoms with van der Waals surface area (Å²) in [6, 6.07) is 21.3. The normalized spacial score (nSPS) is 14.1. The van der Waals surface area contributed by atoms with Crippen molar-refractivity contribution in [1.29, 1.82) is 0 Å². The third-order valence-corrected chi connectivity index (χ3v) is 5.25. The third-order valence-electron chi connectivity index (χ3n) is 5.25. The fraction of sp³-hybridized carbons (Fsp3) is 0.167. The van der Waals surface area contributed by atoms with E-state index in [0.29, 0.717) is 13.2 Å². The summed E-state index contributed by atoms with van der Waals surface area (Å²) >= 11 is 0. The van der Waals surface area contributed by atoms with Crippen molar-refractivity contribution in [2.45, 2.75) is 0 Å². The number of pyridine rings is 1. The first-order valence-electron chi connectivity index (χ1n) is 10.0. The average molecular weight is 398 g/mol. The van der Waals surface area contributed by atoms with Crippen LogP contribution in [-0.4, -0.2) is 46.2 Å². The summed E-state index contributed by atoms with van der Waals surface area (Å²) in [6.07, 6.45) is 3.87. The van der Waals surface area contributed by atoms with Crippen LogP contribution in [0.15, 0.2) is 79.1 Å². The molecule has 1 aliphatic heterocycles. The third kappa shape index (κ3) is 3.65. The van der Waals surface area contributed by atoms with Crippen LogP contribution in [0.2, 0.25) is 0 Å². The lowest BCUT2D eigenvalue weighted by Crippen LogP contribution is -2.36. The summed E-state index contributed by atoms with van der Waals surface area (Å²) in [5.74, 6) is 1.15. The molecule has 6 nitrogen and oxygen atoms in total. The van der Waals surface area contributed by atoms with Crippen LogP contribution in [-0.2, 0) is 4.74 Å². The van der Waals surface area contributed by atoms with Gasteiger partial charge in [0.1, 0.15) is 17.3 Å². The van der Waals surface area contributed by atoms with Crippen LogP contribution in [0.4, 0.5) is 5.82 Å². The molecule has 1 N–H and O–H groups in total. The molecule has 2 aromatic carbocycles. The molecular formula is C24H22N4O2. The molecule has 0 spiro atoms. The summed E-state index contributed by atoms with van der Waals surface area (Å²) in [4.78, 5) is 6.81. The minimum Gasteiger partial charge on any atom is -0.508 e. The van der Waals surface area contributed by atoms with Gasteiger partial charge >= 0.3 is 0 Å². The molecule has 0 aliphatic carbocycles. The summed E-state index contributed by atoms with van der Waals surface area (Å²) < 4.78 is 7.35. The maximum absolute atomic E-state index is 10.0. The van der Waals surface area contributed by atoms with E-state index < -0.39 is 0 Å². The van der Waals surface area contributed by atoms with Gasteiger partial charge in [-0.05, 0) is 42.0 Å². The van der Waals surface area contributed by atoms with Crippen LogP contribution in [0.5, 0.6) is 5.75 Å². The van der Waals surface area contributed by atoms with Crippen LogP contribution in [0.1, 0.15) is 0 Å². The molecule has 6 heteroatoms. The smallest absolute Gasteiger partial charge is 0.129 e. The highest BCUT2D eigenvalue weighted by molar-refractivity contribution is 5.82. The second-order valence-electron chi connectivity index (χ2n) is 7.22. The predicted octanol–water partition coefficient (Wildman–Crippen LogP) is 4.14. The Balaban J connectivity index is 1.62. The minimum absolute atomic E-state index is 0.219. The fourth-order valence-electron chi connectivity index (χ4n) is 3.72. The number of phenolic OH excluding ortho intramolecular Hbond substituents is 1. The molecule has 5 rings (SSSR count). The fourth-order valence-corrected chi connectivity index (χ4v) is 3.72. The molecule has 2 aromatic heterocycles. The summed E-state index contributed by atoms with van der Waals surface area (Å²) in [7, 11) is 0. The molecule has 30 heavy (non-hydrogen) atoms. The number of morpholine rings is 1. The molecule has 1 saturated heterocycles. The summed E-state index contributed by atoms with van der Waals surface area (Å²) in [6.45, 7) is 3.09. The zero-order valence-corrected chi connectivity index (χ0v) is 16.5. The highest BCUT2D eigenvalue weighted by Crippen LogP contribution is 2.34. The van der Waals surface area contributed by atoms with Crippen molar-refractivity contribution in [2.24, 2.45) is 0 Å². The molecule has 1 aliphatic rings. The van der Waals surface area contributed by atoms with Gasteiger partial charge in [-0.2, -0.15) is 5.10 Å². The van der Waals surface area contributed by atoms with Crippen molar-refractivity contribution < 1.29 is 9.84 Å². The van der Waals surface area contributed by atoms with E-state index in [9.17, 15) is 5.11 Å². The van der Waals surface area contributed by atoms with Crippen LogP contribution in [0, 0.1) is 0 Å². The van der Waals surface area contributed by atoms with Gasteiger partial charge in [0.15, 0.2) is 0 Å². The summed E-state index contributed by atoms with van der Waals surface area (Å²) in [5.41, 5.74) is 4.68. The molecule has 0 radical (unpaired) electrons. The van der Waals surface area contributed by atoms with E-state index in [1.807, 2.05) is 65.6 Å². The molecular weight excluding hydrogens is 376 g/mol. The quantitative estimate of drug-likeness (QED) is 0.560. The number of anilines is 1. The summed E-state index contributed by atoms with van der Waals surface area (Å²) in [5, 5.41) is 14.9. The van der Waals surface area contributed by atoms with Gasteiger partial charge in [-0.25, -0.2) is 9.67 Å². The monoisotopic (exact) mass is 398 g/mol. The van der Waals surface area contributed by atoms with Gasteiger partial charge in [0, 0.05) is 36.6 Å². The van der Waals surface area contributed by atoms with Crippen LogP contribution in [0.25, 0.3) is 28.1 Å². The number of para-hydroxylation sites is 1. The number of benzene rings is 2. The second-order valence-corrected chi connectivity index (χ2v) is 7.22. The highest BCUT2D eigenvalue weighted by Gasteiger charge is 2.17. The average Bonchev–Trinajstić information content (AvgIpc) is 3.26. The lowest BCUT2D eigenvalue weighted by molar-refractivity contribution is 0.122. The first-order valence-corrected chi connectivity index (χ1v) is 10.0. The molecule has 0 bridgehead atoms. The number of ether oxygens (including phenoxy) is 1. The SMILES string of the molecule is Oc1cccc(-c2nn(-c3ccccc3)cc2-c2ccnc(N3CCOCC3)c2)c1. The Labute approximate surface area is 175 Å². The first kappa shape index (κ1) is 18.4. The molecule has 150 valence electrons. The van der Waals surface area contributed by atoms with E-state index in [0.717, 1.165) is 47.0 Å². The molecule has 0 saturated carbocycles. The number of phenols is 1. The van der Waals surface area contributed by atoms with Crippen LogP contribution >= 0.6 is 0 Å². The molecule has 4 aromatic rings. The Morgan fingerprint density at radius 3 is 2.50 bits per heavy atom. The topological polar surface area (TPSA) is 63.4 Å². The largest absolute Gasteiger partial charge is 0.508 e. The van der Waals surface area contributed by atoms with Crippen LogP contribution in [0.3, 0.4) is 0 Å². The van der Waals surface area contributed by atoms with E-state index in [2.05, 4.69) is 16.0 Å². The number of aromatic hydroxyl groups is 1. The van der Waals surface area contributed by atoms with Gasteiger partial charge in [-0.15, -0.1) is 0 Å². The number of hydrogen-bond acceptors (Lipinski definition) is 5. The Morgan fingerprint density at radius 2 is 1.70 bits per heavy atom. The molecule has 0 unspecified atom stereocenters. The maximum Gasteiger partial charge on any atom is 0.129 e. The van der Waals surface area contributed by atoms with E-state index in [1.54, 1.807) is 12.1 Å². The van der Waals surface area contributed by atoms with Crippen LogP contribution < -0.4 is 4.90 Å². The number of rotatable bonds is 4. The van der Waals surface area contributed by atoms with Gasteiger partial charge < -0.3 is 14.7 Å². The first-order chi connectivity index (χ1) is 14.8. The van der Waals surface area contributed by atoms with Crippen molar-refractivity contribution in [3.8, 4) is 33.8 Å². The van der Waals surface area contributed by atoms with Crippen molar-refractivity contribution >= 4 is 5.82 Å². The Bertz CT molecular complexity index is 1150. The second kappa shape index (κ2) is 8.00. The Hall–Kier alpha value is -3.64. The van der Waals surface area contributed by atoms with Gasteiger partial charge in [0.2, 0.25) is 0 Å². The van der Waals surface area contributed by atoms with E-state index in [4.69, 9.17) is 9.84 Å². The lowest BCUT2D eigenvalue weighted by Gasteiger charge is -2.28. The number of aromatic nitrogens is 3. The number of hydrogen-bond donors (Lipinski definition) is 1. The standard InChI is InChI=1S/C24H22N4O2/c29-21-8-4-5-19(15-21)24-22(17-28(26-24)20-6-2-1-3-7-20)18-9-10-25-23(16-18)27-11-13-30-14-12-27/h1-10,15-17,29H,11-14H2. The van der Waals surface area contributed by atoms with Crippen molar-refractivity contribution in [3.05, 3.63) is 79.1 Å². The van der Waals surface area contributed by atoms with Crippen molar-refractivity contribution in [2.75, 3.05) is 31.2 Å². The zero-order valence-electron chi connectivity index (χ0n) is 16.5. The van der Waals surface area contributed by atoms with Crippen molar-refractivity contribution in [3.63, 3.8) is 0 Å². The van der Waals surface area contributed by atoms with Gasteiger partial charge in [-0.3, -0.25) is 0 Å². The zero-order chi connectivity index (χ0) is 20.3. The Kier molecular flexibility index (Phi) is 4.91. The van der Waals surface area contributed by atoms with E-state index >= 15 is 0 Å². The minimum atomic E-state index is 0.219. The predicted molar refractivity (Wildman–Crippen MR) is 117 cm³/mol. The maximum atomic E-state index is 10.0. The Morgan fingerprint density at radius 1 is 0.867 bits per heavy atom. The molecule has 1 fully saturated rings. The molecule has 0 amide bonds. The number of nitrogens with zero attached hydrogens (tertiary/aromatic N) is 4. The van der Waals surface area contributed by atoms with E-state index in [1.165, 1.54) is 0 Å². The van der Waals surface area contributed by atoms with Gasteiger partial charge in [-0.1, -0.05) is 30.3 Å². The molecule has 0 atom stereocenters. The molecule has 3 heterocycles. The van der Waals surface area contributed by atoms with Crippen molar-refractivity contribution in [1.82, 2.24) is 14.8 Å². The highest BCUT2D eigenvalue weighted by atomic mass is 16.5. The van der Waals surface area contributed by atoms with Gasteiger partial charge in [0.25, 0.3) is 0 Å². The lowest BCUT2D eigenvalue weighted by atomic mass is 10.0. The van der Waals surface area contributed by atoms with E-state index in [-0.39, 0.29) is 5.75 Å². The van der Waals surface area contributed by atoms with Gasteiger partial charge in [0.05, 0.1) is 18.9 Å².